The van der Waals surface area contributed by atoms with Gasteiger partial charge < -0.3 is 5.32 Å². The Morgan fingerprint density at radius 3 is 2.58 bits per heavy atom. The van der Waals surface area contributed by atoms with Crippen molar-refractivity contribution >= 4 is 27.3 Å². The zero-order valence-corrected chi connectivity index (χ0v) is 13.2. The molecule has 0 aliphatic carbocycles. The SMILES string of the molecule is CCNC(=O)c1cc(S(=O)(=O)N[C@@H](C)CC)c(C)s1. The van der Waals surface area contributed by atoms with Gasteiger partial charge in [-0.1, -0.05) is 6.92 Å². The van der Waals surface area contributed by atoms with Gasteiger partial charge >= 0.3 is 0 Å². The second-order valence-electron chi connectivity index (χ2n) is 4.32. The molecule has 1 heterocycles. The van der Waals surface area contributed by atoms with Crippen LogP contribution in [-0.4, -0.2) is 26.9 Å². The Bertz CT molecular complexity index is 549. The van der Waals surface area contributed by atoms with Crippen LogP contribution < -0.4 is 10.0 Å². The van der Waals surface area contributed by atoms with Crippen molar-refractivity contribution < 1.29 is 13.2 Å². The third-order valence-corrected chi connectivity index (χ3v) is 5.59. The first-order chi connectivity index (χ1) is 8.81. The Morgan fingerprint density at radius 1 is 1.42 bits per heavy atom. The van der Waals surface area contributed by atoms with Gasteiger partial charge in [0.25, 0.3) is 5.91 Å². The topological polar surface area (TPSA) is 75.3 Å². The lowest BCUT2D eigenvalue weighted by atomic mass is 10.3. The molecule has 1 atom stereocenters. The molecule has 1 aromatic heterocycles. The van der Waals surface area contributed by atoms with E-state index < -0.39 is 10.0 Å². The quantitative estimate of drug-likeness (QED) is 0.842. The maximum Gasteiger partial charge on any atom is 0.261 e. The van der Waals surface area contributed by atoms with E-state index in [-0.39, 0.29) is 16.8 Å². The van der Waals surface area contributed by atoms with Crippen LogP contribution in [0.25, 0.3) is 0 Å². The summed E-state index contributed by atoms with van der Waals surface area (Å²) >= 11 is 1.19. The number of hydrogen-bond acceptors (Lipinski definition) is 4. The highest BCUT2D eigenvalue weighted by Crippen LogP contribution is 2.25. The van der Waals surface area contributed by atoms with Crippen LogP contribution in [0.15, 0.2) is 11.0 Å². The Kier molecular flexibility index (Phi) is 5.51. The number of hydrogen-bond donors (Lipinski definition) is 2. The summed E-state index contributed by atoms with van der Waals surface area (Å²) in [5.41, 5.74) is 0. The molecule has 7 heteroatoms. The third kappa shape index (κ3) is 4.02. The van der Waals surface area contributed by atoms with Gasteiger partial charge in [-0.2, -0.15) is 0 Å². The van der Waals surface area contributed by atoms with Crippen LogP contribution >= 0.6 is 11.3 Å². The third-order valence-electron chi connectivity index (χ3n) is 2.69. The molecule has 0 saturated carbocycles. The molecule has 5 nitrogen and oxygen atoms in total. The van der Waals surface area contributed by atoms with Crippen molar-refractivity contribution in [2.24, 2.45) is 0 Å². The molecule has 19 heavy (non-hydrogen) atoms. The lowest BCUT2D eigenvalue weighted by molar-refractivity contribution is 0.0959. The number of nitrogens with one attached hydrogen (secondary N) is 2. The molecule has 2 N–H and O–H groups in total. The van der Waals surface area contributed by atoms with Crippen LogP contribution in [0.3, 0.4) is 0 Å². The fourth-order valence-electron chi connectivity index (χ4n) is 1.50. The minimum absolute atomic E-state index is 0.128. The molecule has 1 aromatic rings. The van der Waals surface area contributed by atoms with E-state index in [1.807, 2.05) is 20.8 Å². The largest absolute Gasteiger partial charge is 0.352 e. The highest BCUT2D eigenvalue weighted by Gasteiger charge is 2.23. The van der Waals surface area contributed by atoms with E-state index in [0.717, 1.165) is 0 Å². The lowest BCUT2D eigenvalue weighted by Gasteiger charge is -2.11. The average molecular weight is 304 g/mol. The van der Waals surface area contributed by atoms with Crippen LogP contribution in [0, 0.1) is 6.92 Å². The van der Waals surface area contributed by atoms with E-state index in [1.165, 1.54) is 17.4 Å². The van der Waals surface area contributed by atoms with Crippen molar-refractivity contribution in [1.29, 1.82) is 0 Å². The summed E-state index contributed by atoms with van der Waals surface area (Å²) in [6.07, 6.45) is 0.714. The normalized spacial score (nSPS) is 13.3. The zero-order chi connectivity index (χ0) is 14.6. The Balaban J connectivity index is 3.05. The van der Waals surface area contributed by atoms with Crippen molar-refractivity contribution in [3.05, 3.63) is 15.8 Å². The summed E-state index contributed by atoms with van der Waals surface area (Å²) in [7, 11) is -3.55. The standard InChI is InChI=1S/C12H20N2O3S2/c1-5-8(3)14-19(16,17)11-7-10(18-9(11)4)12(15)13-6-2/h7-8,14H,5-6H2,1-4H3,(H,13,15)/t8-/m0/s1. The van der Waals surface area contributed by atoms with Crippen LogP contribution in [-0.2, 0) is 10.0 Å². The first kappa shape index (κ1) is 16.1. The molecule has 0 radical (unpaired) electrons. The summed E-state index contributed by atoms with van der Waals surface area (Å²) in [4.78, 5) is 12.9. The Labute approximate surface area is 118 Å². The van der Waals surface area contributed by atoms with E-state index in [2.05, 4.69) is 10.0 Å². The number of amides is 1. The van der Waals surface area contributed by atoms with E-state index >= 15 is 0 Å². The van der Waals surface area contributed by atoms with Crippen molar-refractivity contribution in [3.8, 4) is 0 Å². The molecule has 0 aliphatic rings. The summed E-state index contributed by atoms with van der Waals surface area (Å²) in [5, 5.41) is 2.66. The first-order valence-corrected chi connectivity index (χ1v) is 8.52. The summed E-state index contributed by atoms with van der Waals surface area (Å²) in [6, 6.07) is 1.31. The van der Waals surface area contributed by atoms with Gasteiger partial charge in [-0.3, -0.25) is 4.79 Å². The van der Waals surface area contributed by atoms with E-state index in [9.17, 15) is 13.2 Å². The smallest absolute Gasteiger partial charge is 0.261 e. The minimum Gasteiger partial charge on any atom is -0.352 e. The van der Waals surface area contributed by atoms with Gasteiger partial charge in [0.05, 0.1) is 9.77 Å². The van der Waals surface area contributed by atoms with Gasteiger partial charge in [0.1, 0.15) is 0 Å². The molecule has 1 amide bonds. The average Bonchev–Trinajstić information content (AvgIpc) is 2.72. The Hall–Kier alpha value is -0.920. The molecule has 0 aromatic carbocycles. The first-order valence-electron chi connectivity index (χ1n) is 6.22. The monoisotopic (exact) mass is 304 g/mol. The van der Waals surface area contributed by atoms with Crippen molar-refractivity contribution in [3.63, 3.8) is 0 Å². The summed E-state index contributed by atoms with van der Waals surface area (Å²) in [6.45, 7) is 7.76. The fourth-order valence-corrected chi connectivity index (χ4v) is 4.34. The number of carbonyl (C=O) groups excluding carboxylic acids is 1. The predicted octanol–water partition coefficient (Wildman–Crippen LogP) is 1.88. The molecule has 0 fully saturated rings. The van der Waals surface area contributed by atoms with Crippen LogP contribution in [0.5, 0.6) is 0 Å². The van der Waals surface area contributed by atoms with Crippen molar-refractivity contribution in [2.45, 2.75) is 45.1 Å². The van der Waals surface area contributed by atoms with Crippen molar-refractivity contribution in [1.82, 2.24) is 10.0 Å². The van der Waals surface area contributed by atoms with Gasteiger partial charge in [-0.05, 0) is 33.3 Å². The Morgan fingerprint density at radius 2 is 2.05 bits per heavy atom. The number of carbonyl (C=O) groups is 1. The fraction of sp³-hybridized carbons (Fsp3) is 0.583. The molecule has 1 rings (SSSR count). The maximum atomic E-state index is 12.2. The molecule has 0 bridgehead atoms. The molecule has 0 unspecified atom stereocenters. The molecule has 0 aliphatic heterocycles. The van der Waals surface area contributed by atoms with E-state index in [1.54, 1.807) is 6.92 Å². The highest BCUT2D eigenvalue weighted by molar-refractivity contribution is 7.89. The second-order valence-corrected chi connectivity index (χ2v) is 7.26. The number of thiophene rings is 1. The van der Waals surface area contributed by atoms with E-state index in [4.69, 9.17) is 0 Å². The number of aryl methyl sites for hydroxylation is 1. The summed E-state index contributed by atoms with van der Waals surface area (Å²) < 4.78 is 27.0. The number of sulfonamides is 1. The van der Waals surface area contributed by atoms with E-state index in [0.29, 0.717) is 22.7 Å². The molecular weight excluding hydrogens is 284 g/mol. The highest BCUT2D eigenvalue weighted by atomic mass is 32.2. The molecule has 0 saturated heterocycles. The van der Waals surface area contributed by atoms with Gasteiger partial charge in [0.15, 0.2) is 0 Å². The molecule has 0 spiro atoms. The molecule has 108 valence electrons. The second kappa shape index (κ2) is 6.49. The maximum absolute atomic E-state index is 12.2. The zero-order valence-electron chi connectivity index (χ0n) is 11.6. The minimum atomic E-state index is -3.55. The lowest BCUT2D eigenvalue weighted by Crippen LogP contribution is -2.32. The van der Waals surface area contributed by atoms with Crippen LogP contribution in [0.2, 0.25) is 0 Å². The van der Waals surface area contributed by atoms with Crippen molar-refractivity contribution in [2.75, 3.05) is 6.54 Å². The predicted molar refractivity (Wildman–Crippen MR) is 77.1 cm³/mol. The van der Waals surface area contributed by atoms with Gasteiger partial charge in [-0.15, -0.1) is 11.3 Å². The number of rotatable bonds is 6. The van der Waals surface area contributed by atoms with Gasteiger partial charge in [0, 0.05) is 17.5 Å². The van der Waals surface area contributed by atoms with Gasteiger partial charge in [0.2, 0.25) is 10.0 Å². The van der Waals surface area contributed by atoms with Gasteiger partial charge in [-0.25, -0.2) is 13.1 Å². The van der Waals surface area contributed by atoms with Crippen LogP contribution in [0.4, 0.5) is 0 Å². The van der Waals surface area contributed by atoms with Crippen LogP contribution in [0.1, 0.15) is 41.7 Å². The molecular formula is C12H20N2O3S2. The summed E-state index contributed by atoms with van der Waals surface area (Å²) in [5.74, 6) is -0.236.